The highest BCUT2D eigenvalue weighted by Crippen LogP contribution is 2.40. The van der Waals surface area contributed by atoms with Crippen LogP contribution in [0.15, 0.2) is 78.9 Å². The lowest BCUT2D eigenvalue weighted by molar-refractivity contribution is 0.537. The van der Waals surface area contributed by atoms with Crippen molar-refractivity contribution in [3.05, 3.63) is 90.0 Å². The molecule has 3 rings (SSSR count). The fourth-order valence-electron chi connectivity index (χ4n) is 2.95. The fraction of sp³-hybridized carbons (Fsp3) is 0.158. The summed E-state index contributed by atoms with van der Waals surface area (Å²) in [7, 11) is 0. The van der Waals surface area contributed by atoms with Gasteiger partial charge in [-0.05, 0) is 23.6 Å². The average molecular weight is 261 g/mol. The minimum absolute atomic E-state index is 0.198. The highest BCUT2D eigenvalue weighted by atomic mass is 14.8. The number of hydrogen-bond donors (Lipinski definition) is 1. The van der Waals surface area contributed by atoms with E-state index in [9.17, 15) is 0 Å². The Hall–Kier alpha value is -2.12. The normalized spacial score (nSPS) is 25.3. The summed E-state index contributed by atoms with van der Waals surface area (Å²) in [6.07, 6.45) is 6.45. The van der Waals surface area contributed by atoms with Gasteiger partial charge in [-0.3, -0.25) is 0 Å². The Morgan fingerprint density at radius 1 is 0.900 bits per heavy atom. The highest BCUT2D eigenvalue weighted by Gasteiger charge is 2.35. The number of benzene rings is 2. The molecule has 1 aliphatic rings. The van der Waals surface area contributed by atoms with Gasteiger partial charge in [-0.15, -0.1) is 0 Å². The van der Waals surface area contributed by atoms with E-state index in [0.29, 0.717) is 0 Å². The van der Waals surface area contributed by atoms with E-state index in [0.717, 1.165) is 0 Å². The van der Waals surface area contributed by atoms with E-state index in [-0.39, 0.29) is 5.92 Å². The van der Waals surface area contributed by atoms with Gasteiger partial charge in [-0.1, -0.05) is 78.9 Å². The molecule has 1 heteroatoms. The van der Waals surface area contributed by atoms with Crippen LogP contribution in [0.5, 0.6) is 0 Å². The topological polar surface area (TPSA) is 26.0 Å². The maximum atomic E-state index is 6.71. The van der Waals surface area contributed by atoms with Crippen LogP contribution in [0.1, 0.15) is 24.0 Å². The van der Waals surface area contributed by atoms with Crippen molar-refractivity contribution in [3.8, 4) is 0 Å². The van der Waals surface area contributed by atoms with Gasteiger partial charge >= 0.3 is 0 Å². The molecular weight excluding hydrogens is 242 g/mol. The largest absolute Gasteiger partial charge is 0.321 e. The van der Waals surface area contributed by atoms with Gasteiger partial charge in [-0.25, -0.2) is 0 Å². The van der Waals surface area contributed by atoms with E-state index in [1.54, 1.807) is 0 Å². The average Bonchev–Trinajstić information content (AvgIpc) is 2.48. The first kappa shape index (κ1) is 12.9. The van der Waals surface area contributed by atoms with Crippen molar-refractivity contribution in [2.24, 2.45) is 5.73 Å². The first-order valence-corrected chi connectivity index (χ1v) is 6.98. The van der Waals surface area contributed by atoms with E-state index in [2.05, 4.69) is 73.7 Å². The Kier molecular flexibility index (Phi) is 3.29. The van der Waals surface area contributed by atoms with Gasteiger partial charge in [0, 0.05) is 11.5 Å². The third-order valence-electron chi connectivity index (χ3n) is 4.04. The van der Waals surface area contributed by atoms with Crippen LogP contribution < -0.4 is 5.73 Å². The van der Waals surface area contributed by atoms with Crippen molar-refractivity contribution in [3.63, 3.8) is 0 Å². The fourth-order valence-corrected chi connectivity index (χ4v) is 2.95. The van der Waals surface area contributed by atoms with Gasteiger partial charge in [0.25, 0.3) is 0 Å². The van der Waals surface area contributed by atoms with E-state index in [1.807, 2.05) is 12.1 Å². The molecule has 0 saturated heterocycles. The zero-order chi connectivity index (χ0) is 14.0. The number of nitrogens with two attached hydrogens (primary N) is 1. The lowest BCUT2D eigenvalue weighted by Gasteiger charge is -2.37. The molecule has 1 aliphatic carbocycles. The van der Waals surface area contributed by atoms with E-state index in [1.165, 1.54) is 16.7 Å². The Balaban J connectivity index is 2.03. The molecule has 0 amide bonds. The number of rotatable bonds is 2. The molecule has 0 saturated carbocycles. The van der Waals surface area contributed by atoms with Crippen LogP contribution in [0.3, 0.4) is 0 Å². The summed E-state index contributed by atoms with van der Waals surface area (Å²) in [5.74, 6) is 0.198. The second kappa shape index (κ2) is 5.10. The quantitative estimate of drug-likeness (QED) is 0.863. The lowest BCUT2D eigenvalue weighted by atomic mass is 9.71. The van der Waals surface area contributed by atoms with Crippen LogP contribution in [0.4, 0.5) is 0 Å². The Labute approximate surface area is 120 Å². The van der Waals surface area contributed by atoms with Gasteiger partial charge in [0.2, 0.25) is 0 Å². The minimum Gasteiger partial charge on any atom is -0.321 e. The molecule has 0 fully saturated rings. The Morgan fingerprint density at radius 2 is 1.50 bits per heavy atom. The van der Waals surface area contributed by atoms with Gasteiger partial charge in [-0.2, -0.15) is 0 Å². The van der Waals surface area contributed by atoms with Crippen molar-refractivity contribution in [2.45, 2.75) is 18.4 Å². The molecule has 1 unspecified atom stereocenters. The zero-order valence-corrected chi connectivity index (χ0v) is 11.7. The maximum absolute atomic E-state index is 6.71. The van der Waals surface area contributed by atoms with Gasteiger partial charge < -0.3 is 5.73 Å². The van der Waals surface area contributed by atoms with Crippen LogP contribution >= 0.6 is 0 Å². The lowest BCUT2D eigenvalue weighted by Crippen LogP contribution is -2.44. The minimum atomic E-state index is -0.405. The van der Waals surface area contributed by atoms with Crippen LogP contribution in [0.2, 0.25) is 0 Å². The van der Waals surface area contributed by atoms with Gasteiger partial charge in [0.1, 0.15) is 0 Å². The van der Waals surface area contributed by atoms with Crippen LogP contribution in [0, 0.1) is 0 Å². The van der Waals surface area contributed by atoms with Crippen molar-refractivity contribution >= 4 is 5.57 Å². The van der Waals surface area contributed by atoms with E-state index >= 15 is 0 Å². The molecule has 20 heavy (non-hydrogen) atoms. The summed E-state index contributed by atoms with van der Waals surface area (Å²) >= 11 is 0. The molecule has 0 aliphatic heterocycles. The van der Waals surface area contributed by atoms with Crippen molar-refractivity contribution in [1.29, 1.82) is 0 Å². The highest BCUT2D eigenvalue weighted by molar-refractivity contribution is 5.77. The maximum Gasteiger partial charge on any atom is 0.0491 e. The number of allylic oxidation sites excluding steroid dienone is 2. The number of hydrogen-bond acceptors (Lipinski definition) is 1. The summed E-state index contributed by atoms with van der Waals surface area (Å²) in [5.41, 5.74) is 9.95. The summed E-state index contributed by atoms with van der Waals surface area (Å²) < 4.78 is 0. The third kappa shape index (κ3) is 2.21. The molecule has 0 bridgehead atoms. The monoisotopic (exact) mass is 261 g/mol. The molecule has 0 spiro atoms. The predicted octanol–water partition coefficient (Wildman–Crippen LogP) is 4.14. The molecule has 2 aromatic carbocycles. The third-order valence-corrected chi connectivity index (χ3v) is 4.04. The standard InChI is InChI=1S/C19H19N/c1-19(20)17(15-9-4-2-5-10-15)13-8-14-18(19)16-11-6-3-7-12-16/h2-14,17H,20H2,1H3/t17-,19?/m0/s1. The van der Waals surface area contributed by atoms with Crippen molar-refractivity contribution in [1.82, 2.24) is 0 Å². The van der Waals surface area contributed by atoms with Crippen LogP contribution in [-0.4, -0.2) is 5.54 Å². The van der Waals surface area contributed by atoms with Crippen molar-refractivity contribution < 1.29 is 0 Å². The summed E-state index contributed by atoms with van der Waals surface area (Å²) in [6, 6.07) is 20.9. The Morgan fingerprint density at radius 3 is 2.15 bits per heavy atom. The predicted molar refractivity (Wildman–Crippen MR) is 85.3 cm³/mol. The molecule has 100 valence electrons. The summed E-state index contributed by atoms with van der Waals surface area (Å²) in [4.78, 5) is 0. The first-order chi connectivity index (χ1) is 9.69. The molecule has 2 aromatic rings. The summed E-state index contributed by atoms with van der Waals surface area (Å²) in [6.45, 7) is 2.12. The van der Waals surface area contributed by atoms with Crippen molar-refractivity contribution in [2.75, 3.05) is 0 Å². The van der Waals surface area contributed by atoms with E-state index < -0.39 is 5.54 Å². The van der Waals surface area contributed by atoms with Gasteiger partial charge in [0.15, 0.2) is 0 Å². The molecule has 2 N–H and O–H groups in total. The second-order valence-electron chi connectivity index (χ2n) is 5.50. The van der Waals surface area contributed by atoms with Crippen LogP contribution in [0.25, 0.3) is 5.57 Å². The SMILES string of the molecule is CC1(N)C(c2ccccc2)=CC=C[C@H]1c1ccccc1. The zero-order valence-electron chi connectivity index (χ0n) is 11.7. The molecule has 2 atom stereocenters. The molecule has 0 heterocycles. The van der Waals surface area contributed by atoms with Crippen LogP contribution in [-0.2, 0) is 0 Å². The van der Waals surface area contributed by atoms with E-state index in [4.69, 9.17) is 5.73 Å². The smallest absolute Gasteiger partial charge is 0.0491 e. The van der Waals surface area contributed by atoms with Gasteiger partial charge in [0.05, 0.1) is 0 Å². The summed E-state index contributed by atoms with van der Waals surface area (Å²) in [5, 5.41) is 0. The molecular formula is C19H19N. The molecule has 0 radical (unpaired) electrons. The molecule has 0 aromatic heterocycles. The second-order valence-corrected chi connectivity index (χ2v) is 5.50. The first-order valence-electron chi connectivity index (χ1n) is 6.98. The molecule has 1 nitrogen and oxygen atoms in total. The Bertz CT molecular complexity index is 636.